The second-order valence-corrected chi connectivity index (χ2v) is 5.55. The lowest BCUT2D eigenvalue weighted by atomic mass is 10.2. The van der Waals surface area contributed by atoms with Crippen molar-refractivity contribution in [3.8, 4) is 0 Å². The zero-order chi connectivity index (χ0) is 14.1. The van der Waals surface area contributed by atoms with Gasteiger partial charge in [0.25, 0.3) is 5.69 Å². The van der Waals surface area contributed by atoms with Gasteiger partial charge in [0.2, 0.25) is 0 Å². The van der Waals surface area contributed by atoms with Crippen molar-refractivity contribution in [2.45, 2.75) is 6.92 Å². The molecule has 0 saturated heterocycles. The number of fused-ring (bicyclic) bond motifs is 1. The van der Waals surface area contributed by atoms with Crippen LogP contribution in [0.2, 0.25) is 0 Å². The van der Waals surface area contributed by atoms with Crippen LogP contribution in [0.15, 0.2) is 42.5 Å². The Kier molecular flexibility index (Phi) is 3.08. The fourth-order valence-corrected chi connectivity index (χ4v) is 2.88. The van der Waals surface area contributed by atoms with Gasteiger partial charge in [0, 0.05) is 11.8 Å². The van der Waals surface area contributed by atoms with Gasteiger partial charge in [-0.25, -0.2) is 4.98 Å². The molecule has 0 aliphatic rings. The number of nitrogens with one attached hydrogen (secondary N) is 1. The van der Waals surface area contributed by atoms with Crippen molar-refractivity contribution in [1.29, 1.82) is 0 Å². The van der Waals surface area contributed by atoms with E-state index in [0.29, 0.717) is 5.69 Å². The quantitative estimate of drug-likeness (QED) is 0.576. The maximum Gasteiger partial charge on any atom is 0.292 e. The summed E-state index contributed by atoms with van der Waals surface area (Å²) in [6.45, 7) is 1.96. The van der Waals surface area contributed by atoms with Gasteiger partial charge in [-0.1, -0.05) is 12.1 Å². The van der Waals surface area contributed by atoms with Gasteiger partial charge < -0.3 is 5.32 Å². The minimum absolute atomic E-state index is 0.0630. The molecule has 1 aromatic heterocycles. The van der Waals surface area contributed by atoms with Crippen molar-refractivity contribution < 1.29 is 4.92 Å². The molecular formula is C14H11N3O2S. The highest BCUT2D eigenvalue weighted by molar-refractivity contribution is 7.18. The molecule has 0 bridgehead atoms. The first-order chi connectivity index (χ1) is 9.63. The Morgan fingerprint density at radius 1 is 1.25 bits per heavy atom. The summed E-state index contributed by atoms with van der Waals surface area (Å²) >= 11 is 1.60. The standard InChI is InChI=1S/C14H11N3O2S/c1-9-15-12-7-6-10(8-14(12)20-9)16-11-4-2-3-5-13(11)17(18)19/h2-8,16H,1H3. The molecule has 1 heterocycles. The summed E-state index contributed by atoms with van der Waals surface area (Å²) in [5.74, 6) is 0. The number of aromatic nitrogens is 1. The highest BCUT2D eigenvalue weighted by Crippen LogP contribution is 2.30. The van der Waals surface area contributed by atoms with E-state index in [0.717, 1.165) is 20.9 Å². The van der Waals surface area contributed by atoms with E-state index >= 15 is 0 Å². The van der Waals surface area contributed by atoms with Crippen molar-refractivity contribution in [3.05, 3.63) is 57.6 Å². The van der Waals surface area contributed by atoms with Gasteiger partial charge in [-0.15, -0.1) is 11.3 Å². The Bertz CT molecular complexity index is 798. The lowest BCUT2D eigenvalue weighted by molar-refractivity contribution is -0.383. The average Bonchev–Trinajstić information content (AvgIpc) is 2.78. The van der Waals surface area contributed by atoms with Gasteiger partial charge >= 0.3 is 0 Å². The number of rotatable bonds is 3. The van der Waals surface area contributed by atoms with Crippen molar-refractivity contribution in [2.24, 2.45) is 0 Å². The molecular weight excluding hydrogens is 274 g/mol. The molecule has 6 heteroatoms. The van der Waals surface area contributed by atoms with E-state index in [1.165, 1.54) is 6.07 Å². The van der Waals surface area contributed by atoms with Crippen molar-refractivity contribution >= 4 is 38.6 Å². The molecule has 0 atom stereocenters. The second-order valence-electron chi connectivity index (χ2n) is 4.31. The van der Waals surface area contributed by atoms with Crippen LogP contribution in [0, 0.1) is 17.0 Å². The van der Waals surface area contributed by atoms with Gasteiger partial charge in [0.1, 0.15) is 5.69 Å². The molecule has 3 aromatic rings. The lowest BCUT2D eigenvalue weighted by Crippen LogP contribution is -1.96. The van der Waals surface area contributed by atoms with E-state index in [1.807, 2.05) is 25.1 Å². The van der Waals surface area contributed by atoms with E-state index in [1.54, 1.807) is 29.5 Å². The Balaban J connectivity index is 1.98. The highest BCUT2D eigenvalue weighted by atomic mass is 32.1. The summed E-state index contributed by atoms with van der Waals surface area (Å²) in [4.78, 5) is 15.0. The monoisotopic (exact) mass is 285 g/mol. The third-order valence-corrected chi connectivity index (χ3v) is 3.81. The third-order valence-electron chi connectivity index (χ3n) is 2.88. The summed E-state index contributed by atoms with van der Waals surface area (Å²) in [6, 6.07) is 12.3. The fourth-order valence-electron chi connectivity index (χ4n) is 2.01. The number of benzene rings is 2. The molecule has 0 aliphatic heterocycles. The van der Waals surface area contributed by atoms with Crippen molar-refractivity contribution in [1.82, 2.24) is 4.98 Å². The predicted molar refractivity (Wildman–Crippen MR) is 80.7 cm³/mol. The molecule has 100 valence electrons. The molecule has 3 rings (SSSR count). The summed E-state index contributed by atoms with van der Waals surface area (Å²) in [5.41, 5.74) is 2.31. The van der Waals surface area contributed by atoms with E-state index < -0.39 is 4.92 Å². The third kappa shape index (κ3) is 2.33. The number of nitro benzene ring substituents is 1. The molecule has 0 saturated carbocycles. The molecule has 0 fully saturated rings. The van der Waals surface area contributed by atoms with Gasteiger partial charge in [-0.3, -0.25) is 10.1 Å². The van der Waals surface area contributed by atoms with Crippen molar-refractivity contribution in [3.63, 3.8) is 0 Å². The second kappa shape index (κ2) is 4.90. The Morgan fingerprint density at radius 2 is 2.05 bits per heavy atom. The number of aryl methyl sites for hydroxylation is 1. The first-order valence-corrected chi connectivity index (χ1v) is 6.83. The SMILES string of the molecule is Cc1nc2ccc(Nc3ccccc3[N+](=O)[O-])cc2s1. The topological polar surface area (TPSA) is 68.1 Å². The summed E-state index contributed by atoms with van der Waals surface area (Å²) in [6.07, 6.45) is 0. The molecule has 0 amide bonds. The van der Waals surface area contributed by atoms with Crippen LogP contribution in [0.25, 0.3) is 10.2 Å². The first kappa shape index (κ1) is 12.6. The molecule has 20 heavy (non-hydrogen) atoms. The van der Waals surface area contributed by atoms with E-state index in [4.69, 9.17) is 0 Å². The number of hydrogen-bond donors (Lipinski definition) is 1. The smallest absolute Gasteiger partial charge is 0.292 e. The van der Waals surface area contributed by atoms with Crippen LogP contribution in [0.4, 0.5) is 17.1 Å². The van der Waals surface area contributed by atoms with Gasteiger partial charge in [0.15, 0.2) is 0 Å². The summed E-state index contributed by atoms with van der Waals surface area (Å²) in [5, 5.41) is 15.1. The minimum atomic E-state index is -0.391. The maximum atomic E-state index is 11.0. The Labute approximate surface area is 119 Å². The summed E-state index contributed by atoms with van der Waals surface area (Å²) < 4.78 is 1.06. The number of nitro groups is 1. The molecule has 5 nitrogen and oxygen atoms in total. The van der Waals surface area contributed by atoms with Gasteiger partial charge in [0.05, 0.1) is 20.1 Å². The Morgan fingerprint density at radius 3 is 2.85 bits per heavy atom. The normalized spacial score (nSPS) is 10.7. The van der Waals surface area contributed by atoms with Crippen LogP contribution in [-0.4, -0.2) is 9.91 Å². The molecule has 0 unspecified atom stereocenters. The highest BCUT2D eigenvalue weighted by Gasteiger charge is 2.12. The average molecular weight is 285 g/mol. The van der Waals surface area contributed by atoms with Crippen LogP contribution in [0.1, 0.15) is 5.01 Å². The van der Waals surface area contributed by atoms with E-state index in [9.17, 15) is 10.1 Å². The number of para-hydroxylation sites is 2. The van der Waals surface area contributed by atoms with Gasteiger partial charge in [-0.05, 0) is 31.2 Å². The van der Waals surface area contributed by atoms with Crippen molar-refractivity contribution in [2.75, 3.05) is 5.32 Å². The predicted octanol–water partition coefficient (Wildman–Crippen LogP) is 4.26. The minimum Gasteiger partial charge on any atom is -0.350 e. The Hall–Kier alpha value is -2.47. The molecule has 2 aromatic carbocycles. The van der Waals surface area contributed by atoms with Crippen LogP contribution in [-0.2, 0) is 0 Å². The number of nitrogens with zero attached hydrogens (tertiary/aromatic N) is 2. The largest absolute Gasteiger partial charge is 0.350 e. The first-order valence-electron chi connectivity index (χ1n) is 6.01. The molecule has 0 radical (unpaired) electrons. The maximum absolute atomic E-state index is 11.0. The van der Waals surface area contributed by atoms with E-state index in [2.05, 4.69) is 10.3 Å². The van der Waals surface area contributed by atoms with Gasteiger partial charge in [-0.2, -0.15) is 0 Å². The summed E-state index contributed by atoms with van der Waals surface area (Å²) in [7, 11) is 0. The van der Waals surface area contributed by atoms with Crippen LogP contribution in [0.5, 0.6) is 0 Å². The molecule has 0 aliphatic carbocycles. The van der Waals surface area contributed by atoms with Crippen LogP contribution < -0.4 is 5.32 Å². The lowest BCUT2D eigenvalue weighted by Gasteiger charge is -2.06. The van der Waals surface area contributed by atoms with Crippen LogP contribution in [0.3, 0.4) is 0 Å². The van der Waals surface area contributed by atoms with E-state index in [-0.39, 0.29) is 5.69 Å². The molecule has 1 N–H and O–H groups in total. The zero-order valence-corrected chi connectivity index (χ0v) is 11.5. The zero-order valence-electron chi connectivity index (χ0n) is 10.7. The number of hydrogen-bond acceptors (Lipinski definition) is 5. The fraction of sp³-hybridized carbons (Fsp3) is 0.0714. The number of anilines is 2. The molecule has 0 spiro atoms. The van der Waals surface area contributed by atoms with Crippen LogP contribution >= 0.6 is 11.3 Å². The number of thiazole rings is 1.